The molecule has 2 aliphatic rings. The first kappa shape index (κ1) is 15.3. The van der Waals surface area contributed by atoms with Gasteiger partial charge in [0.1, 0.15) is 0 Å². The lowest BCUT2D eigenvalue weighted by Crippen LogP contribution is -2.54. The summed E-state index contributed by atoms with van der Waals surface area (Å²) in [5, 5.41) is 3.26. The van der Waals surface area contributed by atoms with Gasteiger partial charge in [-0.15, -0.1) is 0 Å². The molecule has 6 nitrogen and oxygen atoms in total. The van der Waals surface area contributed by atoms with Crippen molar-refractivity contribution in [3.8, 4) is 0 Å². The van der Waals surface area contributed by atoms with E-state index in [1.807, 2.05) is 11.8 Å². The zero-order valence-corrected chi connectivity index (χ0v) is 12.3. The van der Waals surface area contributed by atoms with Crippen LogP contribution in [0.2, 0.25) is 0 Å². The zero-order valence-electron chi connectivity index (χ0n) is 12.3. The van der Waals surface area contributed by atoms with Crippen molar-refractivity contribution in [2.45, 2.75) is 32.2 Å². The molecule has 20 heavy (non-hydrogen) atoms. The molecule has 0 aromatic rings. The molecule has 2 amide bonds. The summed E-state index contributed by atoms with van der Waals surface area (Å²) in [6, 6.07) is -0.0531. The molecule has 2 saturated heterocycles. The van der Waals surface area contributed by atoms with Gasteiger partial charge in [0, 0.05) is 32.6 Å². The summed E-state index contributed by atoms with van der Waals surface area (Å²) in [5.74, 6) is 0.415. The van der Waals surface area contributed by atoms with Crippen LogP contribution in [0.4, 0.5) is 0 Å². The van der Waals surface area contributed by atoms with E-state index in [-0.39, 0.29) is 17.9 Å². The summed E-state index contributed by atoms with van der Waals surface area (Å²) in [4.78, 5) is 27.6. The quantitative estimate of drug-likeness (QED) is 0.721. The van der Waals surface area contributed by atoms with Crippen LogP contribution < -0.4 is 11.1 Å². The predicted molar refractivity (Wildman–Crippen MR) is 77.0 cm³/mol. The highest BCUT2D eigenvalue weighted by molar-refractivity contribution is 5.81. The number of piperidine rings is 1. The molecule has 0 radical (unpaired) electrons. The Morgan fingerprint density at radius 1 is 1.20 bits per heavy atom. The summed E-state index contributed by atoms with van der Waals surface area (Å²) in [6.45, 7) is 7.16. The number of rotatable bonds is 4. The Morgan fingerprint density at radius 3 is 2.35 bits per heavy atom. The Bertz CT molecular complexity index is 347. The van der Waals surface area contributed by atoms with Gasteiger partial charge in [0.2, 0.25) is 11.8 Å². The van der Waals surface area contributed by atoms with Crippen molar-refractivity contribution in [1.29, 1.82) is 0 Å². The number of nitrogens with two attached hydrogens (primary N) is 1. The lowest BCUT2D eigenvalue weighted by atomic mass is 9.92. The van der Waals surface area contributed by atoms with E-state index in [0.717, 1.165) is 52.1 Å². The molecule has 0 spiro atoms. The molecule has 2 heterocycles. The summed E-state index contributed by atoms with van der Waals surface area (Å²) in [5.41, 5.74) is 5.24. The highest BCUT2D eigenvalue weighted by atomic mass is 16.2. The lowest BCUT2D eigenvalue weighted by Gasteiger charge is -2.38. The van der Waals surface area contributed by atoms with E-state index in [9.17, 15) is 9.59 Å². The number of nitrogens with zero attached hydrogens (tertiary/aromatic N) is 2. The Hall–Kier alpha value is -1.14. The molecule has 6 heteroatoms. The van der Waals surface area contributed by atoms with Gasteiger partial charge in [0.25, 0.3) is 0 Å². The van der Waals surface area contributed by atoms with E-state index in [2.05, 4.69) is 10.2 Å². The molecule has 2 fully saturated rings. The third kappa shape index (κ3) is 3.93. The number of amides is 2. The van der Waals surface area contributed by atoms with Gasteiger partial charge < -0.3 is 16.0 Å². The summed E-state index contributed by atoms with van der Waals surface area (Å²) < 4.78 is 0. The molecular formula is C14H26N4O2. The van der Waals surface area contributed by atoms with E-state index in [0.29, 0.717) is 12.3 Å². The van der Waals surface area contributed by atoms with Crippen molar-refractivity contribution in [1.82, 2.24) is 15.1 Å². The molecular weight excluding hydrogens is 256 g/mol. The van der Waals surface area contributed by atoms with E-state index < -0.39 is 0 Å². The second-order valence-corrected chi connectivity index (χ2v) is 5.90. The number of hydrogen-bond acceptors (Lipinski definition) is 4. The fourth-order valence-electron chi connectivity index (χ4n) is 3.13. The average Bonchev–Trinajstić information content (AvgIpc) is 2.47. The average molecular weight is 282 g/mol. The minimum atomic E-state index is -0.214. The molecule has 0 aromatic heterocycles. The standard InChI is InChI=1S/C14H26N4O2/c1-11(14(20)18-8-4-16-5-9-18)17-6-2-12(3-7-17)10-13(15)19/h11-12,16H,2-10H2,1H3,(H2,15,19). The van der Waals surface area contributed by atoms with Crippen molar-refractivity contribution in [3.05, 3.63) is 0 Å². The minimum Gasteiger partial charge on any atom is -0.370 e. The molecule has 3 N–H and O–H groups in total. The largest absolute Gasteiger partial charge is 0.370 e. The maximum atomic E-state index is 12.4. The van der Waals surface area contributed by atoms with E-state index in [1.165, 1.54) is 0 Å². The second kappa shape index (κ2) is 7.04. The number of likely N-dealkylation sites (tertiary alicyclic amines) is 1. The highest BCUT2D eigenvalue weighted by Crippen LogP contribution is 2.22. The molecule has 0 bridgehead atoms. The molecule has 0 saturated carbocycles. The third-order valence-electron chi connectivity index (χ3n) is 4.47. The van der Waals surface area contributed by atoms with Crippen LogP contribution in [0.5, 0.6) is 0 Å². The normalized spacial score (nSPS) is 23.6. The Balaban J connectivity index is 1.80. The van der Waals surface area contributed by atoms with Gasteiger partial charge in [-0.25, -0.2) is 0 Å². The third-order valence-corrected chi connectivity index (χ3v) is 4.47. The number of carbonyl (C=O) groups is 2. The number of piperazine rings is 1. The minimum absolute atomic E-state index is 0.0531. The predicted octanol–water partition coefficient (Wildman–Crippen LogP) is -0.606. The van der Waals surface area contributed by atoms with Crippen LogP contribution in [0.15, 0.2) is 0 Å². The van der Waals surface area contributed by atoms with Crippen LogP contribution in [0, 0.1) is 5.92 Å². The van der Waals surface area contributed by atoms with Crippen molar-refractivity contribution < 1.29 is 9.59 Å². The lowest BCUT2D eigenvalue weighted by molar-refractivity contribution is -0.137. The van der Waals surface area contributed by atoms with Crippen LogP contribution >= 0.6 is 0 Å². The van der Waals surface area contributed by atoms with Crippen LogP contribution in [0.1, 0.15) is 26.2 Å². The van der Waals surface area contributed by atoms with Crippen molar-refractivity contribution in [2.24, 2.45) is 11.7 Å². The van der Waals surface area contributed by atoms with Gasteiger partial charge in [-0.05, 0) is 38.8 Å². The molecule has 0 aliphatic carbocycles. The fraction of sp³-hybridized carbons (Fsp3) is 0.857. The molecule has 1 atom stereocenters. The van der Waals surface area contributed by atoms with Crippen LogP contribution in [-0.4, -0.2) is 66.9 Å². The maximum absolute atomic E-state index is 12.4. The van der Waals surface area contributed by atoms with E-state index >= 15 is 0 Å². The Labute approximate surface area is 120 Å². The van der Waals surface area contributed by atoms with Crippen LogP contribution in [-0.2, 0) is 9.59 Å². The van der Waals surface area contributed by atoms with Gasteiger partial charge in [-0.1, -0.05) is 0 Å². The first-order valence-electron chi connectivity index (χ1n) is 7.60. The first-order chi connectivity index (χ1) is 9.58. The number of hydrogen-bond donors (Lipinski definition) is 2. The smallest absolute Gasteiger partial charge is 0.239 e. The van der Waals surface area contributed by atoms with Gasteiger partial charge in [-0.2, -0.15) is 0 Å². The summed E-state index contributed by atoms with van der Waals surface area (Å²) in [6.07, 6.45) is 2.40. The van der Waals surface area contributed by atoms with Gasteiger partial charge in [0.15, 0.2) is 0 Å². The van der Waals surface area contributed by atoms with Crippen LogP contribution in [0.3, 0.4) is 0 Å². The molecule has 2 aliphatic heterocycles. The van der Waals surface area contributed by atoms with Gasteiger partial charge in [-0.3, -0.25) is 14.5 Å². The number of primary amides is 1. The number of carbonyl (C=O) groups excluding carboxylic acids is 2. The number of nitrogens with one attached hydrogen (secondary N) is 1. The van der Waals surface area contributed by atoms with Crippen LogP contribution in [0.25, 0.3) is 0 Å². The first-order valence-corrected chi connectivity index (χ1v) is 7.60. The Kier molecular flexibility index (Phi) is 5.37. The van der Waals surface area contributed by atoms with Crippen molar-refractivity contribution in [3.63, 3.8) is 0 Å². The molecule has 114 valence electrons. The fourth-order valence-corrected chi connectivity index (χ4v) is 3.13. The molecule has 1 unspecified atom stereocenters. The zero-order chi connectivity index (χ0) is 14.5. The maximum Gasteiger partial charge on any atom is 0.239 e. The summed E-state index contributed by atoms with van der Waals surface area (Å²) >= 11 is 0. The second-order valence-electron chi connectivity index (χ2n) is 5.90. The molecule has 0 aromatic carbocycles. The highest BCUT2D eigenvalue weighted by Gasteiger charge is 2.30. The summed E-state index contributed by atoms with van der Waals surface area (Å²) in [7, 11) is 0. The Morgan fingerprint density at radius 2 is 1.80 bits per heavy atom. The monoisotopic (exact) mass is 282 g/mol. The molecule has 2 rings (SSSR count). The van der Waals surface area contributed by atoms with E-state index in [4.69, 9.17) is 5.73 Å². The SMILES string of the molecule is CC(C(=O)N1CCNCC1)N1CCC(CC(N)=O)CC1. The van der Waals surface area contributed by atoms with E-state index in [1.54, 1.807) is 0 Å². The van der Waals surface area contributed by atoms with Gasteiger partial charge >= 0.3 is 0 Å². The topological polar surface area (TPSA) is 78.7 Å². The van der Waals surface area contributed by atoms with Crippen molar-refractivity contribution in [2.75, 3.05) is 39.3 Å². The van der Waals surface area contributed by atoms with Gasteiger partial charge in [0.05, 0.1) is 6.04 Å². The van der Waals surface area contributed by atoms with Crippen molar-refractivity contribution >= 4 is 11.8 Å².